The highest BCUT2D eigenvalue weighted by atomic mass is 16.5. The van der Waals surface area contributed by atoms with E-state index >= 15 is 0 Å². The van der Waals surface area contributed by atoms with Crippen LogP contribution in [0.15, 0.2) is 30.9 Å². The van der Waals surface area contributed by atoms with Crippen molar-refractivity contribution in [3.8, 4) is 0 Å². The van der Waals surface area contributed by atoms with Crippen LogP contribution in [0.1, 0.15) is 20.3 Å². The molecule has 0 unspecified atom stereocenters. The predicted molar refractivity (Wildman–Crippen MR) is 75.2 cm³/mol. The topological polar surface area (TPSA) is 91.3 Å². The third-order valence-corrected chi connectivity index (χ3v) is 2.18. The van der Waals surface area contributed by atoms with Crippen molar-refractivity contribution in [3.05, 3.63) is 30.9 Å². The van der Waals surface area contributed by atoms with E-state index in [0.717, 1.165) is 11.0 Å². The third kappa shape index (κ3) is 6.42. The lowest BCUT2D eigenvalue weighted by Gasteiger charge is -2.00. The molecule has 0 radical (unpaired) electrons. The minimum absolute atomic E-state index is 0.290. The first-order chi connectivity index (χ1) is 10.2. The SMILES string of the molecule is CCOC(=O)CC(=O)OCC.c1cnc2cncnc2c1. The first kappa shape index (κ1) is 16.5. The molecule has 2 heterocycles. The van der Waals surface area contributed by atoms with Crippen molar-refractivity contribution in [2.75, 3.05) is 13.2 Å². The molecule has 112 valence electrons. The molecular weight excluding hydrogens is 274 g/mol. The van der Waals surface area contributed by atoms with Gasteiger partial charge in [-0.1, -0.05) is 0 Å². The van der Waals surface area contributed by atoms with E-state index in [2.05, 4.69) is 24.4 Å². The van der Waals surface area contributed by atoms with Gasteiger partial charge in [0.15, 0.2) is 0 Å². The van der Waals surface area contributed by atoms with Crippen molar-refractivity contribution in [3.63, 3.8) is 0 Å². The van der Waals surface area contributed by atoms with Crippen LogP contribution in [-0.2, 0) is 19.1 Å². The second-order valence-corrected chi connectivity index (χ2v) is 3.72. The Kier molecular flexibility index (Phi) is 7.34. The van der Waals surface area contributed by atoms with Crippen LogP contribution in [0.5, 0.6) is 0 Å². The lowest BCUT2D eigenvalue weighted by atomic mass is 10.4. The van der Waals surface area contributed by atoms with Gasteiger partial charge in [0.05, 0.1) is 24.9 Å². The Labute approximate surface area is 122 Å². The monoisotopic (exact) mass is 291 g/mol. The van der Waals surface area contributed by atoms with E-state index in [-0.39, 0.29) is 19.6 Å². The molecule has 7 nitrogen and oxygen atoms in total. The number of hydrogen-bond acceptors (Lipinski definition) is 7. The number of fused-ring (bicyclic) bond motifs is 1. The standard InChI is InChI=1S/C7H5N3.C7H12O4/c1-2-6-7(9-3-1)4-8-5-10-6;1-3-10-6(8)5-7(9)11-4-2/h1-5H;3-5H2,1-2H3. The van der Waals surface area contributed by atoms with Crippen LogP contribution in [-0.4, -0.2) is 40.1 Å². The minimum Gasteiger partial charge on any atom is -0.466 e. The zero-order valence-electron chi connectivity index (χ0n) is 12.0. The first-order valence-electron chi connectivity index (χ1n) is 6.49. The Morgan fingerprint density at radius 1 is 1.05 bits per heavy atom. The largest absolute Gasteiger partial charge is 0.466 e. The average Bonchev–Trinajstić information content (AvgIpc) is 2.48. The summed E-state index contributed by atoms with van der Waals surface area (Å²) in [5.74, 6) is -1.07. The summed E-state index contributed by atoms with van der Waals surface area (Å²) in [4.78, 5) is 33.1. The molecule has 0 aliphatic heterocycles. The molecule has 0 aromatic carbocycles. The third-order valence-electron chi connectivity index (χ3n) is 2.18. The molecule has 0 amide bonds. The van der Waals surface area contributed by atoms with E-state index in [1.165, 1.54) is 6.33 Å². The molecule has 0 saturated carbocycles. The van der Waals surface area contributed by atoms with Gasteiger partial charge in [-0.3, -0.25) is 14.6 Å². The zero-order valence-corrected chi connectivity index (χ0v) is 12.0. The van der Waals surface area contributed by atoms with Crippen molar-refractivity contribution in [2.24, 2.45) is 0 Å². The second-order valence-electron chi connectivity index (χ2n) is 3.72. The van der Waals surface area contributed by atoms with Crippen molar-refractivity contribution < 1.29 is 19.1 Å². The van der Waals surface area contributed by atoms with Gasteiger partial charge in [-0.05, 0) is 26.0 Å². The van der Waals surface area contributed by atoms with Crippen LogP contribution in [0.25, 0.3) is 11.0 Å². The molecule has 0 spiro atoms. The summed E-state index contributed by atoms with van der Waals surface area (Å²) in [6, 6.07) is 3.76. The van der Waals surface area contributed by atoms with E-state index in [4.69, 9.17) is 0 Å². The van der Waals surface area contributed by atoms with Crippen molar-refractivity contribution in [1.29, 1.82) is 0 Å². The minimum atomic E-state index is -0.536. The Hall–Kier alpha value is -2.57. The highest BCUT2D eigenvalue weighted by Crippen LogP contribution is 2.02. The quantitative estimate of drug-likeness (QED) is 0.623. The molecule has 0 atom stereocenters. The molecule has 0 fully saturated rings. The van der Waals surface area contributed by atoms with E-state index < -0.39 is 11.9 Å². The first-order valence-corrected chi connectivity index (χ1v) is 6.49. The average molecular weight is 291 g/mol. The van der Waals surface area contributed by atoms with E-state index in [0.29, 0.717) is 0 Å². The van der Waals surface area contributed by atoms with E-state index in [1.807, 2.05) is 12.1 Å². The molecular formula is C14H17N3O4. The lowest BCUT2D eigenvalue weighted by molar-refractivity contribution is -0.153. The molecule has 0 bridgehead atoms. The number of rotatable bonds is 4. The lowest BCUT2D eigenvalue weighted by Crippen LogP contribution is -2.13. The molecule has 21 heavy (non-hydrogen) atoms. The molecule has 0 aliphatic rings. The summed E-state index contributed by atoms with van der Waals surface area (Å²) in [7, 11) is 0. The van der Waals surface area contributed by atoms with Crippen molar-refractivity contribution >= 4 is 23.0 Å². The van der Waals surface area contributed by atoms with E-state index in [1.54, 1.807) is 26.2 Å². The maximum atomic E-state index is 10.6. The number of pyridine rings is 1. The van der Waals surface area contributed by atoms with Gasteiger partial charge < -0.3 is 9.47 Å². The van der Waals surface area contributed by atoms with Gasteiger partial charge in [0.2, 0.25) is 0 Å². The summed E-state index contributed by atoms with van der Waals surface area (Å²) >= 11 is 0. The Bertz CT molecular complexity index is 508. The number of carbonyl (C=O) groups excluding carboxylic acids is 2. The molecule has 2 aromatic rings. The molecule has 0 saturated heterocycles. The van der Waals surface area contributed by atoms with Gasteiger partial charge in [0.25, 0.3) is 0 Å². The summed E-state index contributed by atoms with van der Waals surface area (Å²) in [5, 5.41) is 0. The fourth-order valence-corrected chi connectivity index (χ4v) is 1.36. The van der Waals surface area contributed by atoms with Crippen LogP contribution in [0, 0.1) is 0 Å². The Morgan fingerprint density at radius 3 is 2.29 bits per heavy atom. The number of aromatic nitrogens is 3. The molecule has 2 aromatic heterocycles. The maximum absolute atomic E-state index is 10.6. The van der Waals surface area contributed by atoms with Crippen LogP contribution in [0.2, 0.25) is 0 Å². The van der Waals surface area contributed by atoms with Gasteiger partial charge in [0.1, 0.15) is 18.3 Å². The van der Waals surface area contributed by atoms with Crippen LogP contribution in [0.4, 0.5) is 0 Å². The van der Waals surface area contributed by atoms with Gasteiger partial charge >= 0.3 is 11.9 Å². The molecule has 7 heteroatoms. The normalized spacial score (nSPS) is 9.43. The van der Waals surface area contributed by atoms with Gasteiger partial charge in [0, 0.05) is 6.20 Å². The predicted octanol–water partition coefficient (Wildman–Crippen LogP) is 1.53. The highest BCUT2D eigenvalue weighted by Gasteiger charge is 2.09. The smallest absolute Gasteiger partial charge is 0.317 e. The number of hydrogen-bond donors (Lipinski definition) is 0. The van der Waals surface area contributed by atoms with Crippen molar-refractivity contribution in [1.82, 2.24) is 15.0 Å². The molecule has 2 rings (SSSR count). The maximum Gasteiger partial charge on any atom is 0.317 e. The number of esters is 2. The van der Waals surface area contributed by atoms with E-state index in [9.17, 15) is 9.59 Å². The van der Waals surface area contributed by atoms with Crippen LogP contribution < -0.4 is 0 Å². The summed E-state index contributed by atoms with van der Waals surface area (Å²) in [6.07, 6.45) is 4.65. The molecule has 0 N–H and O–H groups in total. The van der Waals surface area contributed by atoms with Crippen molar-refractivity contribution in [2.45, 2.75) is 20.3 Å². The van der Waals surface area contributed by atoms with Gasteiger partial charge in [-0.15, -0.1) is 0 Å². The number of nitrogens with zero attached hydrogens (tertiary/aromatic N) is 3. The fraction of sp³-hybridized carbons (Fsp3) is 0.357. The Morgan fingerprint density at radius 2 is 1.71 bits per heavy atom. The zero-order chi connectivity index (χ0) is 15.5. The second kappa shape index (κ2) is 9.35. The summed E-state index contributed by atoms with van der Waals surface area (Å²) in [5.41, 5.74) is 1.72. The molecule has 0 aliphatic carbocycles. The van der Waals surface area contributed by atoms with Crippen LogP contribution >= 0.6 is 0 Å². The summed E-state index contributed by atoms with van der Waals surface area (Å²) in [6.45, 7) is 3.95. The van der Waals surface area contributed by atoms with Crippen LogP contribution in [0.3, 0.4) is 0 Å². The summed E-state index contributed by atoms with van der Waals surface area (Å²) < 4.78 is 9.04. The van der Waals surface area contributed by atoms with Gasteiger partial charge in [-0.2, -0.15) is 0 Å². The fourth-order valence-electron chi connectivity index (χ4n) is 1.36. The Balaban J connectivity index is 0.000000210. The number of ether oxygens (including phenoxy) is 2. The van der Waals surface area contributed by atoms with Gasteiger partial charge in [-0.25, -0.2) is 9.97 Å². The number of carbonyl (C=O) groups is 2. The highest BCUT2D eigenvalue weighted by molar-refractivity contribution is 5.91.